The molecule has 0 aliphatic carbocycles. The quantitative estimate of drug-likeness (QED) is 0.464. The first-order valence-electron chi connectivity index (χ1n) is 5.46. The normalized spacial score (nSPS) is 9.76. The molecule has 1 aromatic heterocycles. The van der Waals surface area contributed by atoms with Crippen molar-refractivity contribution in [1.29, 1.82) is 0 Å². The molecule has 0 unspecified atom stereocenters. The maximum Gasteiger partial charge on any atom is 0.376 e. The van der Waals surface area contributed by atoms with Gasteiger partial charge in [0.25, 0.3) is 0 Å². The molecule has 0 spiro atoms. The van der Waals surface area contributed by atoms with Gasteiger partial charge in [-0.25, -0.2) is 14.8 Å². The van der Waals surface area contributed by atoms with Crippen LogP contribution >= 0.6 is 0 Å². The Labute approximate surface area is 101 Å². The second-order valence-electron chi connectivity index (χ2n) is 3.57. The van der Waals surface area contributed by atoms with Crippen molar-refractivity contribution in [3.63, 3.8) is 0 Å². The van der Waals surface area contributed by atoms with Crippen LogP contribution in [0.5, 0.6) is 0 Å². The van der Waals surface area contributed by atoms with Crippen LogP contribution < -0.4 is 5.32 Å². The second kappa shape index (κ2) is 6.62. The molecule has 0 fully saturated rings. The number of anilines is 1. The summed E-state index contributed by atoms with van der Waals surface area (Å²) in [6.07, 6.45) is 3.79. The van der Waals surface area contributed by atoms with Crippen molar-refractivity contribution in [2.45, 2.75) is 19.8 Å². The summed E-state index contributed by atoms with van der Waals surface area (Å²) in [4.78, 5) is 19.4. The lowest BCUT2D eigenvalue weighted by Crippen LogP contribution is -2.11. The molecular weight excluding hydrogens is 218 g/mol. The molecular formula is C12H17N3O2. The van der Waals surface area contributed by atoms with Gasteiger partial charge in [0.2, 0.25) is 5.82 Å². The molecule has 5 nitrogen and oxygen atoms in total. The molecule has 0 amide bonds. The number of nitrogens with zero attached hydrogens (tertiary/aromatic N) is 2. The Morgan fingerprint density at radius 2 is 2.35 bits per heavy atom. The Hall–Kier alpha value is -1.91. The zero-order chi connectivity index (χ0) is 12.7. The lowest BCUT2D eigenvalue weighted by Gasteiger charge is -2.06. The summed E-state index contributed by atoms with van der Waals surface area (Å²) in [5.41, 5.74) is 0.728. The van der Waals surface area contributed by atoms with Crippen molar-refractivity contribution in [1.82, 2.24) is 9.97 Å². The van der Waals surface area contributed by atoms with Crippen LogP contribution in [0, 0.1) is 6.92 Å². The number of ether oxygens (including phenoxy) is 1. The minimum Gasteiger partial charge on any atom is -0.463 e. The van der Waals surface area contributed by atoms with Gasteiger partial charge in [-0.15, -0.1) is 6.58 Å². The highest BCUT2D eigenvalue weighted by molar-refractivity contribution is 5.85. The lowest BCUT2D eigenvalue weighted by atomic mass is 10.3. The molecule has 5 heteroatoms. The van der Waals surface area contributed by atoms with Gasteiger partial charge >= 0.3 is 5.97 Å². The predicted octanol–water partition coefficient (Wildman–Crippen LogP) is 1.95. The Morgan fingerprint density at radius 1 is 1.59 bits per heavy atom. The Kier molecular flexibility index (Phi) is 5.13. The molecule has 0 atom stereocenters. The monoisotopic (exact) mass is 235 g/mol. The predicted molar refractivity (Wildman–Crippen MR) is 66.0 cm³/mol. The van der Waals surface area contributed by atoms with Crippen molar-refractivity contribution in [3.05, 3.63) is 30.2 Å². The molecule has 0 saturated carbocycles. The molecule has 1 N–H and O–H groups in total. The third-order valence-corrected chi connectivity index (χ3v) is 2.11. The standard InChI is InChI=1S/C12H17N3O2/c1-4-5-6-7-13-10-8-9(2)14-11(15-10)12(16)17-3/h4,8H,1,5-7H2,2-3H3,(H,13,14,15). The van der Waals surface area contributed by atoms with Crippen LogP contribution in [0.3, 0.4) is 0 Å². The van der Waals surface area contributed by atoms with Crippen molar-refractivity contribution >= 4 is 11.8 Å². The van der Waals surface area contributed by atoms with Crippen LogP contribution in [0.4, 0.5) is 5.82 Å². The molecule has 1 heterocycles. The van der Waals surface area contributed by atoms with Gasteiger partial charge in [0, 0.05) is 18.3 Å². The number of carbonyl (C=O) groups excluding carboxylic acids is 1. The smallest absolute Gasteiger partial charge is 0.376 e. The number of carbonyl (C=O) groups is 1. The van der Waals surface area contributed by atoms with Crippen molar-refractivity contribution in [2.75, 3.05) is 19.0 Å². The van der Waals surface area contributed by atoms with E-state index >= 15 is 0 Å². The van der Waals surface area contributed by atoms with E-state index in [-0.39, 0.29) is 5.82 Å². The summed E-state index contributed by atoms with van der Waals surface area (Å²) in [6.45, 7) is 6.24. The highest BCUT2D eigenvalue weighted by Crippen LogP contribution is 2.07. The highest BCUT2D eigenvalue weighted by Gasteiger charge is 2.10. The summed E-state index contributed by atoms with van der Waals surface area (Å²) in [5.74, 6) is 0.198. The topological polar surface area (TPSA) is 64.1 Å². The lowest BCUT2D eigenvalue weighted by molar-refractivity contribution is 0.0586. The fourth-order valence-corrected chi connectivity index (χ4v) is 1.30. The molecule has 0 aliphatic rings. The molecule has 0 radical (unpaired) electrons. The maximum atomic E-state index is 11.3. The minimum atomic E-state index is -0.525. The number of allylic oxidation sites excluding steroid dienone is 1. The summed E-state index contributed by atoms with van der Waals surface area (Å²) in [7, 11) is 1.31. The number of hydrogen-bond donors (Lipinski definition) is 1. The van der Waals surface area contributed by atoms with Crippen LogP contribution in [0.1, 0.15) is 29.2 Å². The molecule has 1 rings (SSSR count). The summed E-state index contributed by atoms with van der Waals surface area (Å²) < 4.78 is 4.58. The average molecular weight is 235 g/mol. The van der Waals surface area contributed by atoms with E-state index in [9.17, 15) is 4.79 Å². The average Bonchev–Trinajstić information content (AvgIpc) is 2.33. The number of hydrogen-bond acceptors (Lipinski definition) is 5. The number of rotatable bonds is 6. The van der Waals surface area contributed by atoms with Crippen molar-refractivity contribution in [3.8, 4) is 0 Å². The van der Waals surface area contributed by atoms with Gasteiger partial charge in [-0.05, 0) is 19.8 Å². The third kappa shape index (κ3) is 4.22. The summed E-state index contributed by atoms with van der Waals surface area (Å²) in [5, 5.41) is 3.13. The number of unbranched alkanes of at least 4 members (excludes halogenated alkanes) is 1. The zero-order valence-electron chi connectivity index (χ0n) is 10.2. The second-order valence-corrected chi connectivity index (χ2v) is 3.57. The highest BCUT2D eigenvalue weighted by atomic mass is 16.5. The molecule has 92 valence electrons. The fourth-order valence-electron chi connectivity index (χ4n) is 1.30. The third-order valence-electron chi connectivity index (χ3n) is 2.11. The maximum absolute atomic E-state index is 11.3. The van der Waals surface area contributed by atoms with Crippen LogP contribution in [-0.4, -0.2) is 29.6 Å². The molecule has 0 aliphatic heterocycles. The summed E-state index contributed by atoms with van der Waals surface area (Å²) in [6, 6.07) is 1.79. The minimum absolute atomic E-state index is 0.0821. The number of aromatic nitrogens is 2. The van der Waals surface area contributed by atoms with Crippen molar-refractivity contribution < 1.29 is 9.53 Å². The first kappa shape index (κ1) is 13.2. The van der Waals surface area contributed by atoms with E-state index in [4.69, 9.17) is 0 Å². The number of aryl methyl sites for hydroxylation is 1. The molecule has 0 aromatic carbocycles. The SMILES string of the molecule is C=CCCCNc1cc(C)nc(C(=O)OC)n1. The van der Waals surface area contributed by atoms with Crippen molar-refractivity contribution in [2.24, 2.45) is 0 Å². The van der Waals surface area contributed by atoms with E-state index in [2.05, 4.69) is 26.6 Å². The van der Waals surface area contributed by atoms with E-state index in [0.29, 0.717) is 5.82 Å². The van der Waals surface area contributed by atoms with E-state index in [1.807, 2.05) is 13.0 Å². The largest absolute Gasteiger partial charge is 0.463 e. The molecule has 1 aromatic rings. The van der Waals surface area contributed by atoms with E-state index in [1.165, 1.54) is 7.11 Å². The number of nitrogens with one attached hydrogen (secondary N) is 1. The van der Waals surface area contributed by atoms with Gasteiger partial charge in [0.05, 0.1) is 7.11 Å². The fraction of sp³-hybridized carbons (Fsp3) is 0.417. The van der Waals surface area contributed by atoms with Gasteiger partial charge in [0.1, 0.15) is 5.82 Å². The van der Waals surface area contributed by atoms with E-state index < -0.39 is 5.97 Å². The molecule has 17 heavy (non-hydrogen) atoms. The Balaban J connectivity index is 2.68. The van der Waals surface area contributed by atoms with Gasteiger partial charge < -0.3 is 10.1 Å². The van der Waals surface area contributed by atoms with E-state index in [0.717, 1.165) is 25.1 Å². The zero-order valence-corrected chi connectivity index (χ0v) is 10.2. The van der Waals surface area contributed by atoms with Gasteiger partial charge in [0.15, 0.2) is 0 Å². The number of esters is 1. The van der Waals surface area contributed by atoms with Gasteiger partial charge in [-0.2, -0.15) is 0 Å². The van der Waals surface area contributed by atoms with Crippen LogP contribution in [0.15, 0.2) is 18.7 Å². The van der Waals surface area contributed by atoms with Crippen LogP contribution in [0.25, 0.3) is 0 Å². The Bertz CT molecular complexity index is 405. The van der Waals surface area contributed by atoms with Gasteiger partial charge in [-0.1, -0.05) is 6.08 Å². The first-order chi connectivity index (χ1) is 8.17. The van der Waals surface area contributed by atoms with Crippen LogP contribution in [0.2, 0.25) is 0 Å². The molecule has 0 bridgehead atoms. The van der Waals surface area contributed by atoms with Gasteiger partial charge in [-0.3, -0.25) is 0 Å². The summed E-state index contributed by atoms with van der Waals surface area (Å²) >= 11 is 0. The molecule has 0 saturated heterocycles. The van der Waals surface area contributed by atoms with E-state index in [1.54, 1.807) is 6.07 Å². The van der Waals surface area contributed by atoms with Crippen LogP contribution in [-0.2, 0) is 4.74 Å². The Morgan fingerprint density at radius 3 is 3.00 bits per heavy atom. The number of methoxy groups -OCH3 is 1. The first-order valence-corrected chi connectivity index (χ1v) is 5.46.